The maximum atomic E-state index is 8.97. The topological polar surface area (TPSA) is 32.3 Å². The maximum Gasteiger partial charge on any atom is 0.0443 e. The van der Waals surface area contributed by atoms with Gasteiger partial charge in [0.15, 0.2) is 0 Å². The van der Waals surface area contributed by atoms with Crippen molar-refractivity contribution >= 4 is 11.3 Å². The van der Waals surface area contributed by atoms with E-state index in [1.807, 2.05) is 11.3 Å². The van der Waals surface area contributed by atoms with Crippen molar-refractivity contribution in [2.45, 2.75) is 45.1 Å². The van der Waals surface area contributed by atoms with Crippen molar-refractivity contribution in [1.82, 2.24) is 5.32 Å². The van der Waals surface area contributed by atoms with E-state index in [-0.39, 0.29) is 0 Å². The van der Waals surface area contributed by atoms with E-state index in [0.717, 1.165) is 18.9 Å². The van der Waals surface area contributed by atoms with Gasteiger partial charge in [-0.1, -0.05) is 25.8 Å². The Morgan fingerprint density at radius 1 is 1.44 bits per heavy atom. The molecule has 2 N–H and O–H groups in total. The van der Waals surface area contributed by atoms with Gasteiger partial charge >= 0.3 is 0 Å². The lowest BCUT2D eigenvalue weighted by Crippen LogP contribution is -2.30. The van der Waals surface area contributed by atoms with Crippen molar-refractivity contribution in [3.05, 3.63) is 22.4 Å². The maximum absolute atomic E-state index is 8.97. The van der Waals surface area contributed by atoms with E-state index >= 15 is 0 Å². The average molecular weight is 267 g/mol. The van der Waals surface area contributed by atoms with Crippen LogP contribution in [0.4, 0.5) is 0 Å². The second-order valence-corrected chi connectivity index (χ2v) is 6.54. The van der Waals surface area contributed by atoms with Crippen LogP contribution in [0.2, 0.25) is 0 Å². The summed E-state index contributed by atoms with van der Waals surface area (Å²) in [4.78, 5) is 1.48. The predicted molar refractivity (Wildman–Crippen MR) is 77.9 cm³/mol. The number of aliphatic hydroxyl groups is 1. The second-order valence-electron chi connectivity index (χ2n) is 5.56. The standard InChI is InChI=1S/C15H25NOS/c1-12(8-9-17)11-16-15(13-5-2-3-6-13)14-7-4-10-18-14/h4,7,10,12-13,15-17H,2-3,5-6,8-9,11H2,1H3. The summed E-state index contributed by atoms with van der Waals surface area (Å²) in [7, 11) is 0. The molecule has 1 heterocycles. The van der Waals surface area contributed by atoms with E-state index in [9.17, 15) is 0 Å². The second kappa shape index (κ2) is 7.27. The van der Waals surface area contributed by atoms with Crippen molar-refractivity contribution < 1.29 is 5.11 Å². The van der Waals surface area contributed by atoms with Crippen LogP contribution in [-0.4, -0.2) is 18.3 Å². The van der Waals surface area contributed by atoms with Gasteiger partial charge in [0.1, 0.15) is 0 Å². The minimum absolute atomic E-state index is 0.302. The highest BCUT2D eigenvalue weighted by Crippen LogP contribution is 2.37. The summed E-state index contributed by atoms with van der Waals surface area (Å²) < 4.78 is 0. The van der Waals surface area contributed by atoms with E-state index in [1.165, 1.54) is 30.6 Å². The molecular weight excluding hydrogens is 242 g/mol. The Bertz CT molecular complexity index is 319. The van der Waals surface area contributed by atoms with Gasteiger partial charge in [0.25, 0.3) is 0 Å². The third-order valence-corrected chi connectivity index (χ3v) is 4.98. The first-order chi connectivity index (χ1) is 8.81. The summed E-state index contributed by atoms with van der Waals surface area (Å²) in [6.45, 7) is 3.53. The van der Waals surface area contributed by atoms with Crippen LogP contribution < -0.4 is 5.32 Å². The number of hydrogen-bond donors (Lipinski definition) is 2. The van der Waals surface area contributed by atoms with Crippen LogP contribution in [0.5, 0.6) is 0 Å². The first-order valence-corrected chi connectivity index (χ1v) is 8.07. The zero-order valence-electron chi connectivity index (χ0n) is 11.3. The highest BCUT2D eigenvalue weighted by Gasteiger charge is 2.26. The molecule has 0 radical (unpaired) electrons. The Balaban J connectivity index is 1.92. The van der Waals surface area contributed by atoms with Crippen molar-refractivity contribution in [3.63, 3.8) is 0 Å². The highest BCUT2D eigenvalue weighted by molar-refractivity contribution is 7.10. The first kappa shape index (κ1) is 14.0. The Labute approximate surface area is 114 Å². The molecule has 0 saturated heterocycles. The van der Waals surface area contributed by atoms with Gasteiger partial charge in [-0.25, -0.2) is 0 Å². The summed E-state index contributed by atoms with van der Waals surface area (Å²) in [5, 5.41) is 14.9. The molecule has 1 aromatic heterocycles. The number of nitrogens with one attached hydrogen (secondary N) is 1. The quantitative estimate of drug-likeness (QED) is 0.791. The fourth-order valence-corrected chi connectivity index (χ4v) is 3.80. The third-order valence-electron chi connectivity index (χ3n) is 4.03. The van der Waals surface area contributed by atoms with Crippen molar-refractivity contribution in [2.24, 2.45) is 11.8 Å². The summed E-state index contributed by atoms with van der Waals surface area (Å²) in [6.07, 6.45) is 6.41. The van der Waals surface area contributed by atoms with Crippen LogP contribution in [0.3, 0.4) is 0 Å². The molecule has 3 heteroatoms. The molecule has 0 aromatic carbocycles. The fraction of sp³-hybridized carbons (Fsp3) is 0.733. The van der Waals surface area contributed by atoms with Gasteiger partial charge in [-0.3, -0.25) is 0 Å². The molecule has 1 aliphatic carbocycles. The van der Waals surface area contributed by atoms with Crippen LogP contribution in [-0.2, 0) is 0 Å². The monoisotopic (exact) mass is 267 g/mol. The van der Waals surface area contributed by atoms with Crippen molar-refractivity contribution in [3.8, 4) is 0 Å². The summed E-state index contributed by atoms with van der Waals surface area (Å²) in [6, 6.07) is 4.95. The smallest absolute Gasteiger partial charge is 0.0443 e. The van der Waals surface area contributed by atoms with Crippen LogP contribution in [0.15, 0.2) is 17.5 Å². The third kappa shape index (κ3) is 3.81. The minimum Gasteiger partial charge on any atom is -0.396 e. The van der Waals surface area contributed by atoms with Crippen molar-refractivity contribution in [2.75, 3.05) is 13.2 Å². The molecule has 18 heavy (non-hydrogen) atoms. The van der Waals surface area contributed by atoms with Crippen LogP contribution >= 0.6 is 11.3 Å². The van der Waals surface area contributed by atoms with Crippen molar-refractivity contribution in [1.29, 1.82) is 0 Å². The number of rotatable bonds is 7. The van der Waals surface area contributed by atoms with E-state index in [4.69, 9.17) is 5.11 Å². The fourth-order valence-electron chi connectivity index (χ4n) is 2.91. The average Bonchev–Trinajstić information content (AvgIpc) is 3.02. The van der Waals surface area contributed by atoms with Crippen LogP contribution in [0.1, 0.15) is 49.9 Å². The normalized spacial score (nSPS) is 20.1. The molecule has 1 saturated carbocycles. The summed E-state index contributed by atoms with van der Waals surface area (Å²) in [5.74, 6) is 1.36. The van der Waals surface area contributed by atoms with Gasteiger partial charge < -0.3 is 10.4 Å². The predicted octanol–water partition coefficient (Wildman–Crippen LogP) is 3.59. The molecule has 2 unspecified atom stereocenters. The zero-order valence-corrected chi connectivity index (χ0v) is 12.1. The van der Waals surface area contributed by atoms with Gasteiger partial charge in [0, 0.05) is 17.5 Å². The lowest BCUT2D eigenvalue weighted by molar-refractivity contribution is 0.252. The largest absolute Gasteiger partial charge is 0.396 e. The Kier molecular flexibility index (Phi) is 5.67. The number of hydrogen-bond acceptors (Lipinski definition) is 3. The molecule has 2 atom stereocenters. The van der Waals surface area contributed by atoms with E-state index < -0.39 is 0 Å². The molecule has 2 rings (SSSR count). The minimum atomic E-state index is 0.302. The van der Waals surface area contributed by atoms with Crippen LogP contribution in [0.25, 0.3) is 0 Å². The van der Waals surface area contributed by atoms with Crippen LogP contribution in [0, 0.1) is 11.8 Å². The van der Waals surface area contributed by atoms with Gasteiger partial charge in [0.05, 0.1) is 0 Å². The highest BCUT2D eigenvalue weighted by atomic mass is 32.1. The molecule has 102 valence electrons. The molecule has 2 nitrogen and oxygen atoms in total. The summed E-state index contributed by atoms with van der Waals surface area (Å²) >= 11 is 1.87. The van der Waals surface area contributed by atoms with Gasteiger partial charge in [-0.05, 0) is 49.1 Å². The molecule has 1 fully saturated rings. The molecule has 1 aromatic rings. The molecule has 0 spiro atoms. The Hall–Kier alpha value is -0.380. The van der Waals surface area contributed by atoms with Gasteiger partial charge in [-0.2, -0.15) is 0 Å². The molecule has 0 bridgehead atoms. The molecule has 0 aliphatic heterocycles. The first-order valence-electron chi connectivity index (χ1n) is 7.19. The summed E-state index contributed by atoms with van der Waals surface area (Å²) in [5.41, 5.74) is 0. The van der Waals surface area contributed by atoms with E-state index in [0.29, 0.717) is 18.6 Å². The van der Waals surface area contributed by atoms with Gasteiger partial charge in [0.2, 0.25) is 0 Å². The zero-order chi connectivity index (χ0) is 12.8. The lowest BCUT2D eigenvalue weighted by Gasteiger charge is -2.25. The SMILES string of the molecule is CC(CCO)CNC(c1cccs1)C1CCCC1. The van der Waals surface area contributed by atoms with Gasteiger partial charge in [-0.15, -0.1) is 11.3 Å². The lowest BCUT2D eigenvalue weighted by atomic mass is 9.96. The Morgan fingerprint density at radius 2 is 2.22 bits per heavy atom. The van der Waals surface area contributed by atoms with E-state index in [1.54, 1.807) is 0 Å². The molecular formula is C15H25NOS. The Morgan fingerprint density at radius 3 is 2.83 bits per heavy atom. The van der Waals surface area contributed by atoms with E-state index in [2.05, 4.69) is 29.8 Å². The number of thiophene rings is 1. The number of aliphatic hydroxyl groups excluding tert-OH is 1. The molecule has 1 aliphatic rings. The molecule has 0 amide bonds.